The summed E-state index contributed by atoms with van der Waals surface area (Å²) in [4.78, 5) is 7.63. The highest BCUT2D eigenvalue weighted by Gasteiger charge is 2.27. The molecule has 3 heterocycles. The van der Waals surface area contributed by atoms with Crippen molar-refractivity contribution in [2.75, 3.05) is 39.3 Å². The lowest BCUT2D eigenvalue weighted by molar-refractivity contribution is -0.0498. The highest BCUT2D eigenvalue weighted by Crippen LogP contribution is 2.32. The number of halogens is 2. The molecule has 2 aromatic heterocycles. The number of aliphatic hydroxyl groups excluding tert-OH is 1. The Bertz CT molecular complexity index is 1360. The lowest BCUT2D eigenvalue weighted by atomic mass is 9.98. The van der Waals surface area contributed by atoms with E-state index in [9.17, 15) is 13.9 Å². The number of aromatic amines is 1. The first-order valence-corrected chi connectivity index (χ1v) is 13.3. The van der Waals surface area contributed by atoms with Crippen LogP contribution in [0.4, 0.5) is 8.78 Å². The second kappa shape index (κ2) is 11.9. The fourth-order valence-electron chi connectivity index (χ4n) is 4.93. The summed E-state index contributed by atoms with van der Waals surface area (Å²) in [5.41, 5.74) is 3.47. The number of benzene rings is 2. The third kappa shape index (κ3) is 6.14. The van der Waals surface area contributed by atoms with Gasteiger partial charge in [-0.2, -0.15) is 25.4 Å². The van der Waals surface area contributed by atoms with Crippen LogP contribution in [-0.2, 0) is 0 Å². The zero-order valence-corrected chi connectivity index (χ0v) is 21.4. The maximum atomic E-state index is 12.6. The van der Waals surface area contributed by atoms with Gasteiger partial charge in [-0.05, 0) is 58.3 Å². The summed E-state index contributed by atoms with van der Waals surface area (Å²) in [6.07, 6.45) is -0.666. The van der Waals surface area contributed by atoms with E-state index in [4.69, 9.17) is 10.00 Å². The van der Waals surface area contributed by atoms with Crippen LogP contribution < -0.4 is 9.47 Å². The van der Waals surface area contributed by atoms with Crippen molar-refractivity contribution in [2.24, 2.45) is 0 Å². The third-order valence-corrected chi connectivity index (χ3v) is 7.40. The Labute approximate surface area is 223 Å². The maximum Gasteiger partial charge on any atom is 0.387 e. The number of hydrogen-bond acceptors (Lipinski definition) is 7. The predicted octanol–water partition coefficient (Wildman–Crippen LogP) is 4.85. The number of fused-ring (bicyclic) bond motifs is 1. The van der Waals surface area contributed by atoms with Gasteiger partial charge in [0, 0.05) is 38.1 Å². The summed E-state index contributed by atoms with van der Waals surface area (Å²) in [5.74, 6) is 0.778. The molecule has 5 rings (SSSR count). The standard InChI is InChI=1S/C28H28F2N4O3S/c29-28(30)37-23-6-4-19(5-7-23)27(20-8-13-38-18-20)34-11-9-33(10-12-34)16-22(35)17-36-26-3-1-2-25-24(26)14-21(15-31)32-25/h1-8,13-14,18,22,27-28,32,35H,9-12,16-17H2. The molecule has 198 valence electrons. The molecule has 4 aromatic rings. The van der Waals surface area contributed by atoms with Crippen molar-refractivity contribution in [2.45, 2.75) is 18.8 Å². The molecule has 38 heavy (non-hydrogen) atoms. The minimum atomic E-state index is -2.85. The first kappa shape index (κ1) is 26.1. The predicted molar refractivity (Wildman–Crippen MR) is 142 cm³/mol. The zero-order chi connectivity index (χ0) is 26.5. The molecule has 10 heteroatoms. The molecule has 1 aliphatic heterocycles. The van der Waals surface area contributed by atoms with Gasteiger partial charge >= 0.3 is 6.61 Å². The van der Waals surface area contributed by atoms with Crippen LogP contribution in [0.2, 0.25) is 0 Å². The van der Waals surface area contributed by atoms with Gasteiger partial charge < -0.3 is 19.6 Å². The molecule has 2 aromatic carbocycles. The molecule has 2 atom stereocenters. The first-order chi connectivity index (χ1) is 18.5. The van der Waals surface area contributed by atoms with Crippen molar-refractivity contribution in [1.29, 1.82) is 5.26 Å². The van der Waals surface area contributed by atoms with Crippen molar-refractivity contribution < 1.29 is 23.4 Å². The summed E-state index contributed by atoms with van der Waals surface area (Å²) in [6, 6.07) is 18.4. The van der Waals surface area contributed by atoms with Crippen molar-refractivity contribution in [3.63, 3.8) is 0 Å². The second-order valence-corrected chi connectivity index (χ2v) is 10.0. The number of ether oxygens (including phenoxy) is 2. The van der Waals surface area contributed by atoms with Crippen LogP contribution >= 0.6 is 11.3 Å². The van der Waals surface area contributed by atoms with E-state index in [1.807, 2.05) is 35.7 Å². The minimum Gasteiger partial charge on any atom is -0.490 e. The number of nitrogens with zero attached hydrogens (tertiary/aromatic N) is 3. The molecule has 0 spiro atoms. The smallest absolute Gasteiger partial charge is 0.387 e. The summed E-state index contributed by atoms with van der Waals surface area (Å²) < 4.78 is 35.5. The number of nitriles is 1. The summed E-state index contributed by atoms with van der Waals surface area (Å²) in [5, 5.41) is 24.8. The number of thiophene rings is 1. The van der Waals surface area contributed by atoms with Gasteiger partial charge in [-0.25, -0.2) is 0 Å². The Morgan fingerprint density at radius 1 is 1.05 bits per heavy atom. The van der Waals surface area contributed by atoms with Crippen LogP contribution in [0.1, 0.15) is 22.9 Å². The van der Waals surface area contributed by atoms with Crippen LogP contribution in [0.15, 0.2) is 65.4 Å². The van der Waals surface area contributed by atoms with E-state index >= 15 is 0 Å². The topological polar surface area (TPSA) is 84.8 Å². The highest BCUT2D eigenvalue weighted by molar-refractivity contribution is 7.08. The number of piperazine rings is 1. The van der Waals surface area contributed by atoms with Gasteiger partial charge in [-0.3, -0.25) is 9.80 Å². The molecule has 0 radical (unpaired) electrons. The van der Waals surface area contributed by atoms with Gasteiger partial charge in [0.2, 0.25) is 0 Å². The molecule has 1 fully saturated rings. The van der Waals surface area contributed by atoms with E-state index in [0.29, 0.717) is 18.0 Å². The van der Waals surface area contributed by atoms with Crippen LogP contribution in [0.25, 0.3) is 10.9 Å². The van der Waals surface area contributed by atoms with Crippen LogP contribution in [0.3, 0.4) is 0 Å². The fraction of sp³-hybridized carbons (Fsp3) is 0.321. The average molecular weight is 539 g/mol. The number of H-pyrrole nitrogens is 1. The Balaban J connectivity index is 1.17. The Kier molecular flexibility index (Phi) is 8.20. The SMILES string of the molecule is N#Cc1cc2c(OCC(O)CN3CCN(C(c4ccc(OC(F)F)cc4)c4ccsc4)CC3)cccc2[nH]1. The number of β-amino-alcohol motifs (C(OH)–C–C–N with tert-alkyl or cyclic N) is 1. The molecule has 2 N–H and O–H groups in total. The van der Waals surface area contributed by atoms with Crippen molar-refractivity contribution in [3.8, 4) is 17.6 Å². The van der Waals surface area contributed by atoms with E-state index in [0.717, 1.165) is 48.2 Å². The Morgan fingerprint density at radius 3 is 2.53 bits per heavy atom. The lowest BCUT2D eigenvalue weighted by Gasteiger charge is -2.40. The van der Waals surface area contributed by atoms with Crippen LogP contribution in [0, 0.1) is 11.3 Å². The molecule has 7 nitrogen and oxygen atoms in total. The van der Waals surface area contributed by atoms with E-state index in [1.54, 1.807) is 29.5 Å². The summed E-state index contributed by atoms with van der Waals surface area (Å²) in [7, 11) is 0. The van der Waals surface area contributed by atoms with Gasteiger partial charge in [0.25, 0.3) is 0 Å². The van der Waals surface area contributed by atoms with Crippen LogP contribution in [0.5, 0.6) is 11.5 Å². The first-order valence-electron chi connectivity index (χ1n) is 12.4. The largest absolute Gasteiger partial charge is 0.490 e. The molecular weight excluding hydrogens is 510 g/mol. The molecule has 0 saturated carbocycles. The van der Waals surface area contributed by atoms with Gasteiger partial charge in [0.05, 0.1) is 11.6 Å². The van der Waals surface area contributed by atoms with Gasteiger partial charge in [-0.15, -0.1) is 0 Å². The normalized spacial score (nSPS) is 16.4. The van der Waals surface area contributed by atoms with Crippen molar-refractivity contribution in [3.05, 3.63) is 82.2 Å². The number of aromatic nitrogens is 1. The molecule has 0 bridgehead atoms. The quantitative estimate of drug-likeness (QED) is 0.300. The summed E-state index contributed by atoms with van der Waals surface area (Å²) >= 11 is 1.63. The van der Waals surface area contributed by atoms with Gasteiger partial charge in [0.15, 0.2) is 0 Å². The van der Waals surface area contributed by atoms with Crippen molar-refractivity contribution in [1.82, 2.24) is 14.8 Å². The fourth-order valence-corrected chi connectivity index (χ4v) is 5.61. The van der Waals surface area contributed by atoms with E-state index in [-0.39, 0.29) is 18.4 Å². The van der Waals surface area contributed by atoms with Gasteiger partial charge in [-0.1, -0.05) is 18.2 Å². The maximum absolute atomic E-state index is 12.6. The number of nitrogens with one attached hydrogen (secondary N) is 1. The second-order valence-electron chi connectivity index (χ2n) is 9.22. The number of alkyl halides is 2. The van der Waals surface area contributed by atoms with E-state index in [2.05, 4.69) is 37.0 Å². The van der Waals surface area contributed by atoms with E-state index in [1.165, 1.54) is 0 Å². The number of rotatable bonds is 10. The van der Waals surface area contributed by atoms with Crippen molar-refractivity contribution >= 4 is 22.2 Å². The molecule has 1 aliphatic rings. The Morgan fingerprint density at radius 2 is 1.84 bits per heavy atom. The van der Waals surface area contributed by atoms with Gasteiger partial charge in [0.1, 0.15) is 36.0 Å². The number of aliphatic hydroxyl groups is 1. The zero-order valence-electron chi connectivity index (χ0n) is 20.6. The molecular formula is C28H28F2N4O3S. The highest BCUT2D eigenvalue weighted by atomic mass is 32.1. The number of hydrogen-bond donors (Lipinski definition) is 2. The Hall–Kier alpha value is -3.49. The average Bonchev–Trinajstić information content (AvgIpc) is 3.60. The third-order valence-electron chi connectivity index (χ3n) is 6.70. The van der Waals surface area contributed by atoms with Crippen LogP contribution in [-0.4, -0.2) is 71.9 Å². The monoisotopic (exact) mass is 538 g/mol. The molecule has 2 unspecified atom stereocenters. The molecule has 1 saturated heterocycles. The van der Waals surface area contributed by atoms with E-state index < -0.39 is 12.7 Å². The molecule has 0 amide bonds. The summed E-state index contributed by atoms with van der Waals surface area (Å²) in [6.45, 7) is 0.944. The lowest BCUT2D eigenvalue weighted by Crippen LogP contribution is -2.50. The minimum absolute atomic E-state index is 0.0115. The molecule has 0 aliphatic carbocycles.